The smallest absolute Gasteiger partial charge is 0.348 e. The maximum atomic E-state index is 11.3. The Bertz CT molecular complexity index is 293. The lowest BCUT2D eigenvalue weighted by molar-refractivity contribution is 0.0532. The first-order valence-electron chi connectivity index (χ1n) is 4.61. The summed E-state index contributed by atoms with van der Waals surface area (Å²) in [4.78, 5) is 13.0. The first-order valence-corrected chi connectivity index (χ1v) is 5.43. The molecule has 0 N–H and O–H groups in total. The van der Waals surface area contributed by atoms with E-state index in [1.807, 2.05) is 13.0 Å². The lowest BCUT2D eigenvalue weighted by Gasteiger charge is -1.97. The van der Waals surface area contributed by atoms with E-state index >= 15 is 0 Å². The maximum Gasteiger partial charge on any atom is 0.348 e. The molecule has 1 rings (SSSR count). The van der Waals surface area contributed by atoms with Crippen molar-refractivity contribution in [1.82, 2.24) is 0 Å². The zero-order valence-electron chi connectivity index (χ0n) is 8.41. The van der Waals surface area contributed by atoms with Crippen LogP contribution in [0.3, 0.4) is 0 Å². The van der Waals surface area contributed by atoms with E-state index in [0.717, 1.165) is 4.88 Å². The molecule has 78 valence electrons. The van der Waals surface area contributed by atoms with E-state index in [0.29, 0.717) is 24.7 Å². The fourth-order valence-corrected chi connectivity index (χ4v) is 1.81. The molecule has 0 aliphatic heterocycles. The van der Waals surface area contributed by atoms with E-state index in [-0.39, 0.29) is 5.97 Å². The molecule has 0 saturated carbocycles. The summed E-state index contributed by atoms with van der Waals surface area (Å²) < 4.78 is 10.1. The molecule has 0 radical (unpaired) electrons. The van der Waals surface area contributed by atoms with Gasteiger partial charge in [0.1, 0.15) is 4.88 Å². The van der Waals surface area contributed by atoms with Crippen LogP contribution in [0.25, 0.3) is 0 Å². The summed E-state index contributed by atoms with van der Waals surface area (Å²) in [6, 6.07) is 3.67. The Morgan fingerprint density at radius 2 is 2.14 bits per heavy atom. The average molecular weight is 214 g/mol. The summed E-state index contributed by atoms with van der Waals surface area (Å²) in [6.45, 7) is 5.41. The molecule has 14 heavy (non-hydrogen) atoms. The van der Waals surface area contributed by atoms with E-state index in [1.54, 1.807) is 13.0 Å². The topological polar surface area (TPSA) is 35.5 Å². The zero-order valence-corrected chi connectivity index (χ0v) is 9.23. The molecule has 0 bridgehead atoms. The molecule has 0 aliphatic carbocycles. The normalized spacial score (nSPS) is 10.1. The Morgan fingerprint density at radius 3 is 2.79 bits per heavy atom. The van der Waals surface area contributed by atoms with Gasteiger partial charge in [-0.3, -0.25) is 0 Å². The van der Waals surface area contributed by atoms with Gasteiger partial charge in [0.15, 0.2) is 0 Å². The van der Waals surface area contributed by atoms with E-state index in [9.17, 15) is 4.79 Å². The Kier molecular flexibility index (Phi) is 4.62. The fraction of sp³-hybridized carbons (Fsp3) is 0.500. The van der Waals surface area contributed by atoms with Gasteiger partial charge in [-0.1, -0.05) is 0 Å². The highest BCUT2D eigenvalue weighted by atomic mass is 32.1. The molecule has 3 nitrogen and oxygen atoms in total. The van der Waals surface area contributed by atoms with Crippen LogP contribution in [-0.2, 0) is 16.1 Å². The van der Waals surface area contributed by atoms with Gasteiger partial charge in [0, 0.05) is 11.5 Å². The quantitative estimate of drug-likeness (QED) is 0.706. The van der Waals surface area contributed by atoms with Crippen molar-refractivity contribution in [3.05, 3.63) is 21.9 Å². The van der Waals surface area contributed by atoms with Crippen LogP contribution in [0.4, 0.5) is 0 Å². The van der Waals surface area contributed by atoms with Crippen molar-refractivity contribution in [1.29, 1.82) is 0 Å². The van der Waals surface area contributed by atoms with Crippen molar-refractivity contribution in [2.75, 3.05) is 13.2 Å². The molecule has 0 spiro atoms. The Balaban J connectivity index is 2.54. The number of carbonyl (C=O) groups excluding carboxylic acids is 1. The number of thiophene rings is 1. The van der Waals surface area contributed by atoms with Crippen LogP contribution >= 0.6 is 11.3 Å². The van der Waals surface area contributed by atoms with Crippen LogP contribution in [0.15, 0.2) is 12.1 Å². The van der Waals surface area contributed by atoms with Crippen LogP contribution in [-0.4, -0.2) is 19.2 Å². The van der Waals surface area contributed by atoms with Gasteiger partial charge in [-0.05, 0) is 26.0 Å². The predicted octanol–water partition coefficient (Wildman–Crippen LogP) is 2.46. The molecule has 0 unspecified atom stereocenters. The second-order valence-corrected chi connectivity index (χ2v) is 3.79. The molecule has 4 heteroatoms. The molecular weight excluding hydrogens is 200 g/mol. The van der Waals surface area contributed by atoms with Crippen LogP contribution < -0.4 is 0 Å². The highest BCUT2D eigenvalue weighted by molar-refractivity contribution is 7.13. The van der Waals surface area contributed by atoms with Gasteiger partial charge in [-0.25, -0.2) is 4.79 Å². The van der Waals surface area contributed by atoms with Gasteiger partial charge in [0.25, 0.3) is 0 Å². The van der Waals surface area contributed by atoms with Crippen molar-refractivity contribution in [2.45, 2.75) is 20.5 Å². The lowest BCUT2D eigenvalue weighted by Crippen LogP contribution is -2.01. The Hall–Kier alpha value is -0.870. The third kappa shape index (κ3) is 3.12. The van der Waals surface area contributed by atoms with Gasteiger partial charge < -0.3 is 9.47 Å². The Morgan fingerprint density at radius 1 is 1.36 bits per heavy atom. The van der Waals surface area contributed by atoms with Gasteiger partial charge in [-0.2, -0.15) is 0 Å². The molecule has 1 heterocycles. The minimum absolute atomic E-state index is 0.250. The third-order valence-electron chi connectivity index (χ3n) is 1.59. The molecule has 0 aliphatic rings. The number of esters is 1. The minimum Gasteiger partial charge on any atom is -0.462 e. The molecule has 0 saturated heterocycles. The molecule has 0 fully saturated rings. The van der Waals surface area contributed by atoms with E-state index in [2.05, 4.69) is 0 Å². The van der Waals surface area contributed by atoms with Gasteiger partial charge in [-0.15, -0.1) is 11.3 Å². The van der Waals surface area contributed by atoms with Crippen molar-refractivity contribution in [3.8, 4) is 0 Å². The predicted molar refractivity (Wildman–Crippen MR) is 55.6 cm³/mol. The summed E-state index contributed by atoms with van der Waals surface area (Å²) in [6.07, 6.45) is 0. The number of ether oxygens (including phenoxy) is 2. The number of carbonyl (C=O) groups is 1. The summed E-state index contributed by atoms with van der Waals surface area (Å²) in [5.74, 6) is -0.250. The number of rotatable bonds is 5. The molecule has 0 amide bonds. The summed E-state index contributed by atoms with van der Waals surface area (Å²) in [7, 11) is 0. The fourth-order valence-electron chi connectivity index (χ4n) is 0.970. The second-order valence-electron chi connectivity index (χ2n) is 2.62. The summed E-state index contributed by atoms with van der Waals surface area (Å²) >= 11 is 1.42. The van der Waals surface area contributed by atoms with Gasteiger partial charge in [0.2, 0.25) is 0 Å². The summed E-state index contributed by atoms with van der Waals surface area (Å²) in [5.41, 5.74) is 0. The van der Waals surface area contributed by atoms with Crippen molar-refractivity contribution < 1.29 is 14.3 Å². The number of hydrogen-bond donors (Lipinski definition) is 0. The van der Waals surface area contributed by atoms with Gasteiger partial charge in [0.05, 0.1) is 13.2 Å². The zero-order chi connectivity index (χ0) is 10.4. The van der Waals surface area contributed by atoms with Crippen LogP contribution in [0.1, 0.15) is 28.4 Å². The third-order valence-corrected chi connectivity index (χ3v) is 2.63. The van der Waals surface area contributed by atoms with Crippen LogP contribution in [0.2, 0.25) is 0 Å². The first kappa shape index (κ1) is 11.2. The standard InChI is InChI=1S/C10H14O3S/c1-3-12-7-8-5-6-9(14-8)10(11)13-4-2/h5-6H,3-4,7H2,1-2H3. The molecule has 1 aromatic heterocycles. The monoisotopic (exact) mass is 214 g/mol. The highest BCUT2D eigenvalue weighted by Crippen LogP contribution is 2.18. The minimum atomic E-state index is -0.250. The largest absolute Gasteiger partial charge is 0.462 e. The van der Waals surface area contributed by atoms with Crippen LogP contribution in [0, 0.1) is 0 Å². The van der Waals surface area contributed by atoms with Crippen LogP contribution in [0.5, 0.6) is 0 Å². The van der Waals surface area contributed by atoms with Crippen molar-refractivity contribution >= 4 is 17.3 Å². The SMILES string of the molecule is CCOCc1ccc(C(=O)OCC)s1. The molecular formula is C10H14O3S. The Labute approximate surface area is 87.7 Å². The van der Waals surface area contributed by atoms with Gasteiger partial charge >= 0.3 is 5.97 Å². The summed E-state index contributed by atoms with van der Waals surface area (Å²) in [5, 5.41) is 0. The van der Waals surface area contributed by atoms with E-state index in [4.69, 9.17) is 9.47 Å². The molecule has 0 aromatic carbocycles. The van der Waals surface area contributed by atoms with E-state index < -0.39 is 0 Å². The maximum absolute atomic E-state index is 11.3. The molecule has 1 aromatic rings. The van der Waals surface area contributed by atoms with Crippen molar-refractivity contribution in [2.24, 2.45) is 0 Å². The first-order chi connectivity index (χ1) is 6.77. The second kappa shape index (κ2) is 5.78. The van der Waals surface area contributed by atoms with Crippen molar-refractivity contribution in [3.63, 3.8) is 0 Å². The highest BCUT2D eigenvalue weighted by Gasteiger charge is 2.09. The average Bonchev–Trinajstić information content (AvgIpc) is 2.63. The number of hydrogen-bond acceptors (Lipinski definition) is 4. The lowest BCUT2D eigenvalue weighted by atomic mass is 10.4. The molecule has 0 atom stereocenters. The van der Waals surface area contributed by atoms with E-state index in [1.165, 1.54) is 11.3 Å².